The van der Waals surface area contributed by atoms with Crippen LogP contribution in [-0.2, 0) is 9.59 Å². The van der Waals surface area contributed by atoms with E-state index in [1.54, 1.807) is 0 Å². The lowest BCUT2D eigenvalue weighted by Gasteiger charge is -2.22. The first-order valence-electron chi connectivity index (χ1n) is 14.2. The molecule has 0 aliphatic heterocycles. The van der Waals surface area contributed by atoms with Gasteiger partial charge in [0.1, 0.15) is 41.6 Å². The summed E-state index contributed by atoms with van der Waals surface area (Å²) in [7, 11) is 0. The van der Waals surface area contributed by atoms with Crippen molar-refractivity contribution < 1.29 is 58.0 Å². The molecular weight excluding hydrogens is 626 g/mol. The fraction of sp³-hybridized carbons (Fsp3) is 0.0857. The van der Waals surface area contributed by atoms with Gasteiger partial charge in [-0.05, 0) is 42.8 Å². The number of esters is 2. The minimum Gasteiger partial charge on any atom is -0.507 e. The third-order valence-corrected chi connectivity index (χ3v) is 7.89. The molecular formula is C35H21NO12. The molecule has 0 aromatic heterocycles. The van der Waals surface area contributed by atoms with Gasteiger partial charge in [-0.15, -0.1) is 0 Å². The van der Waals surface area contributed by atoms with Crippen LogP contribution in [0, 0.1) is 0 Å². The van der Waals surface area contributed by atoms with E-state index in [2.05, 4.69) is 0 Å². The Kier molecular flexibility index (Phi) is 7.82. The molecule has 6 rings (SSSR count). The molecule has 0 unspecified atom stereocenters. The molecule has 13 nitrogen and oxygen atoms in total. The number of carbonyl (C=O) groups is 8. The summed E-state index contributed by atoms with van der Waals surface area (Å²) in [5, 5.41) is 20.5. The maximum Gasteiger partial charge on any atom is 0.328 e. The zero-order valence-corrected chi connectivity index (χ0v) is 24.5. The largest absolute Gasteiger partial charge is 0.507 e. The second kappa shape index (κ2) is 12.0. The minimum atomic E-state index is -1.51. The van der Waals surface area contributed by atoms with Crippen molar-refractivity contribution in [2.75, 3.05) is 0 Å². The average molecular weight is 648 g/mol. The lowest BCUT2D eigenvalue weighted by molar-refractivity contribution is -0.137. The smallest absolute Gasteiger partial charge is 0.328 e. The normalized spacial score (nSPS) is 13.4. The molecule has 2 aliphatic carbocycles. The first-order chi connectivity index (χ1) is 22.9. The van der Waals surface area contributed by atoms with Crippen molar-refractivity contribution in [2.45, 2.75) is 18.9 Å². The summed E-state index contributed by atoms with van der Waals surface area (Å²) < 4.78 is 10.7. The summed E-state index contributed by atoms with van der Waals surface area (Å²) >= 11 is 0. The second-order valence-electron chi connectivity index (χ2n) is 10.9. The van der Waals surface area contributed by atoms with Crippen LogP contribution < -0.4 is 15.2 Å². The molecule has 13 heteroatoms. The van der Waals surface area contributed by atoms with Crippen LogP contribution in [0.25, 0.3) is 0 Å². The highest BCUT2D eigenvalue weighted by Gasteiger charge is 2.37. The Balaban J connectivity index is 1.21. The van der Waals surface area contributed by atoms with E-state index < -0.39 is 77.0 Å². The number of carbonyl (C=O) groups excluding carboxylic acids is 8. The monoisotopic (exact) mass is 647 g/mol. The van der Waals surface area contributed by atoms with Gasteiger partial charge in [0.05, 0.1) is 22.3 Å². The van der Waals surface area contributed by atoms with Crippen LogP contribution in [0.15, 0.2) is 60.7 Å². The van der Waals surface area contributed by atoms with E-state index in [4.69, 9.17) is 15.2 Å². The molecule has 238 valence electrons. The fourth-order valence-electron chi connectivity index (χ4n) is 5.62. The quantitative estimate of drug-likeness (QED) is 0.123. The van der Waals surface area contributed by atoms with Crippen LogP contribution in [0.1, 0.15) is 97.2 Å². The van der Waals surface area contributed by atoms with Crippen LogP contribution in [0.3, 0.4) is 0 Å². The number of hydrogen-bond acceptors (Lipinski definition) is 13. The lowest BCUT2D eigenvalue weighted by atomic mass is 9.82. The molecule has 4 N–H and O–H groups in total. The van der Waals surface area contributed by atoms with Gasteiger partial charge in [0.2, 0.25) is 11.6 Å². The molecule has 1 atom stereocenters. The summed E-state index contributed by atoms with van der Waals surface area (Å²) in [6, 6.07) is 10.8. The summed E-state index contributed by atoms with van der Waals surface area (Å²) in [4.78, 5) is 102. The predicted molar refractivity (Wildman–Crippen MR) is 162 cm³/mol. The van der Waals surface area contributed by atoms with Gasteiger partial charge < -0.3 is 25.4 Å². The number of fused-ring (bicyclic) bond motifs is 4. The third-order valence-electron chi connectivity index (χ3n) is 7.89. The van der Waals surface area contributed by atoms with Crippen molar-refractivity contribution >= 4 is 47.6 Å². The van der Waals surface area contributed by atoms with Gasteiger partial charge >= 0.3 is 11.9 Å². The zero-order chi connectivity index (χ0) is 34.4. The maximum atomic E-state index is 13.3. The number of hydrogen-bond donors (Lipinski definition) is 3. The molecule has 0 saturated heterocycles. The number of ether oxygens (including phenoxy) is 2. The first-order valence-corrected chi connectivity index (χ1v) is 14.2. The average Bonchev–Trinajstić information content (AvgIpc) is 3.07. The van der Waals surface area contributed by atoms with E-state index in [1.807, 2.05) is 0 Å². The summed E-state index contributed by atoms with van der Waals surface area (Å²) in [6.07, 6.45) is -0.170. The predicted octanol–water partition coefficient (Wildman–Crippen LogP) is 2.89. The molecule has 0 spiro atoms. The molecule has 4 aromatic carbocycles. The summed E-state index contributed by atoms with van der Waals surface area (Å²) in [5.74, 6) is -7.02. The van der Waals surface area contributed by atoms with Crippen molar-refractivity contribution in [1.82, 2.24) is 0 Å². The van der Waals surface area contributed by atoms with E-state index in [1.165, 1.54) is 36.4 Å². The Hall–Kier alpha value is -6.60. The van der Waals surface area contributed by atoms with Crippen molar-refractivity contribution in [3.63, 3.8) is 0 Å². The number of phenolic OH excluding ortho intramolecular Hbond substituents is 2. The first kappa shape index (κ1) is 31.4. The van der Waals surface area contributed by atoms with E-state index >= 15 is 0 Å². The Bertz CT molecular complexity index is 2180. The van der Waals surface area contributed by atoms with Crippen LogP contribution in [0.2, 0.25) is 0 Å². The number of ketones is 4. The third kappa shape index (κ3) is 5.13. The molecule has 0 heterocycles. The zero-order valence-electron chi connectivity index (χ0n) is 24.5. The summed E-state index contributed by atoms with van der Waals surface area (Å²) in [5.41, 5.74) is 3.84. The molecule has 2 aliphatic rings. The van der Waals surface area contributed by atoms with Gasteiger partial charge in [-0.3, -0.25) is 33.6 Å². The van der Waals surface area contributed by atoms with Gasteiger partial charge in [0, 0.05) is 39.8 Å². The van der Waals surface area contributed by atoms with Gasteiger partial charge in [-0.1, -0.05) is 24.3 Å². The number of aromatic hydroxyl groups is 2. The highest BCUT2D eigenvalue weighted by atomic mass is 16.5. The maximum absolute atomic E-state index is 13.3. The van der Waals surface area contributed by atoms with E-state index in [9.17, 15) is 48.6 Å². The van der Waals surface area contributed by atoms with Gasteiger partial charge in [-0.2, -0.15) is 0 Å². The number of nitrogens with two attached hydrogens (primary N) is 1. The Morgan fingerprint density at radius 1 is 0.646 bits per heavy atom. The van der Waals surface area contributed by atoms with E-state index in [0.717, 1.165) is 24.3 Å². The number of benzene rings is 4. The standard InChI is InChI=1S/C35H21NO12/c36-21(35(46)48-25-12-16(14-38)10-20-30(25)34(45)28-18(32(20)43)4-2-6-23(28)40)7-8-26(41)47-24-11-15(13-37)9-19-29(24)33(44)27-17(31(19)42)3-1-5-22(27)39/h1-6,9-14,21,39-40H,7-8,36H2/t21-/m0/s1. The molecule has 0 radical (unpaired) electrons. The molecule has 0 bridgehead atoms. The number of aldehydes is 2. The second-order valence-corrected chi connectivity index (χ2v) is 10.9. The summed E-state index contributed by atoms with van der Waals surface area (Å²) in [6.45, 7) is 0. The number of rotatable bonds is 8. The molecule has 0 fully saturated rings. The van der Waals surface area contributed by atoms with Crippen LogP contribution in [0.4, 0.5) is 0 Å². The fourth-order valence-corrected chi connectivity index (χ4v) is 5.62. The SMILES string of the molecule is N[C@@H](CCC(=O)Oc1cc(C=O)cc2c1C(=O)c1c(O)cccc1C2=O)C(=O)Oc1cc(C=O)cc2c1C(=O)c1c(O)cccc1C2=O. The lowest BCUT2D eigenvalue weighted by Crippen LogP contribution is -2.35. The molecule has 4 aromatic rings. The van der Waals surface area contributed by atoms with Crippen LogP contribution >= 0.6 is 0 Å². The van der Waals surface area contributed by atoms with E-state index in [-0.39, 0.29) is 55.6 Å². The minimum absolute atomic E-state index is 0.0774. The Labute approximate surface area is 269 Å². The molecule has 0 saturated carbocycles. The van der Waals surface area contributed by atoms with Crippen molar-refractivity contribution in [3.05, 3.63) is 116 Å². The van der Waals surface area contributed by atoms with Crippen molar-refractivity contribution in [3.8, 4) is 23.0 Å². The Morgan fingerprint density at radius 2 is 1.10 bits per heavy atom. The van der Waals surface area contributed by atoms with Crippen molar-refractivity contribution in [1.29, 1.82) is 0 Å². The van der Waals surface area contributed by atoms with Crippen LogP contribution in [-0.4, -0.2) is 63.9 Å². The molecule has 48 heavy (non-hydrogen) atoms. The van der Waals surface area contributed by atoms with E-state index in [0.29, 0.717) is 12.6 Å². The van der Waals surface area contributed by atoms with Crippen LogP contribution in [0.5, 0.6) is 23.0 Å². The van der Waals surface area contributed by atoms with Crippen molar-refractivity contribution in [2.24, 2.45) is 5.73 Å². The topological polar surface area (TPSA) is 221 Å². The van der Waals surface area contributed by atoms with Gasteiger partial charge in [0.15, 0.2) is 11.6 Å². The highest BCUT2D eigenvalue weighted by Crippen LogP contribution is 2.39. The Morgan fingerprint density at radius 3 is 1.56 bits per heavy atom. The highest BCUT2D eigenvalue weighted by molar-refractivity contribution is 6.31. The number of phenols is 2. The van der Waals surface area contributed by atoms with Gasteiger partial charge in [0.25, 0.3) is 0 Å². The van der Waals surface area contributed by atoms with Gasteiger partial charge in [-0.25, -0.2) is 4.79 Å². The molecule has 0 amide bonds.